The van der Waals surface area contributed by atoms with E-state index in [2.05, 4.69) is 6.92 Å². The number of carboxylic acid groups (broad SMARTS) is 1. The van der Waals surface area contributed by atoms with Crippen molar-refractivity contribution in [2.24, 2.45) is 0 Å². The minimum atomic E-state index is -0.996. The van der Waals surface area contributed by atoms with Crippen molar-refractivity contribution in [3.8, 4) is 0 Å². The Morgan fingerprint density at radius 2 is 2.27 bits per heavy atom. The maximum absolute atomic E-state index is 11.7. The predicted molar refractivity (Wildman–Crippen MR) is 56.9 cm³/mol. The van der Waals surface area contributed by atoms with Crippen LogP contribution in [0.1, 0.15) is 25.3 Å². The summed E-state index contributed by atoms with van der Waals surface area (Å²) in [5.74, 6) is -0.996. The molecule has 0 aliphatic heterocycles. The van der Waals surface area contributed by atoms with Crippen LogP contribution in [0.4, 0.5) is 0 Å². The Kier molecular flexibility index (Phi) is 4.09. The monoisotopic (exact) mass is 209 g/mol. The van der Waals surface area contributed by atoms with Gasteiger partial charge in [0, 0.05) is 11.8 Å². The first-order valence-electron chi connectivity index (χ1n) is 5.05. The maximum atomic E-state index is 11.7. The molecule has 4 nitrogen and oxygen atoms in total. The van der Waals surface area contributed by atoms with Crippen molar-refractivity contribution < 1.29 is 9.90 Å². The van der Waals surface area contributed by atoms with Gasteiger partial charge in [-0.1, -0.05) is 19.4 Å². The Labute approximate surface area is 88.2 Å². The summed E-state index contributed by atoms with van der Waals surface area (Å²) in [4.78, 5) is 22.2. The number of hydrogen-bond acceptors (Lipinski definition) is 2. The highest BCUT2D eigenvalue weighted by molar-refractivity contribution is 5.66. The molecule has 0 amide bonds. The Morgan fingerprint density at radius 3 is 2.87 bits per heavy atom. The van der Waals surface area contributed by atoms with Gasteiger partial charge in [-0.2, -0.15) is 0 Å². The van der Waals surface area contributed by atoms with Crippen LogP contribution < -0.4 is 5.56 Å². The first kappa shape index (κ1) is 11.5. The second-order valence-corrected chi connectivity index (χ2v) is 3.46. The van der Waals surface area contributed by atoms with Gasteiger partial charge in [-0.15, -0.1) is 0 Å². The van der Waals surface area contributed by atoms with E-state index in [1.807, 2.05) is 0 Å². The molecule has 1 heterocycles. The average molecular weight is 209 g/mol. The quantitative estimate of drug-likeness (QED) is 0.794. The summed E-state index contributed by atoms with van der Waals surface area (Å²) in [5, 5.41) is 8.60. The molecule has 82 valence electrons. The second kappa shape index (κ2) is 5.34. The topological polar surface area (TPSA) is 59.3 Å². The molecule has 0 atom stereocenters. The van der Waals surface area contributed by atoms with Crippen LogP contribution in [0.5, 0.6) is 0 Å². The van der Waals surface area contributed by atoms with Crippen LogP contribution >= 0.6 is 0 Å². The number of aryl methyl sites for hydroxylation is 1. The highest BCUT2D eigenvalue weighted by Gasteiger charge is 2.05. The van der Waals surface area contributed by atoms with Gasteiger partial charge in [-0.3, -0.25) is 9.59 Å². The molecule has 0 fully saturated rings. The van der Waals surface area contributed by atoms with E-state index in [0.29, 0.717) is 5.56 Å². The molecule has 0 spiro atoms. The summed E-state index contributed by atoms with van der Waals surface area (Å²) >= 11 is 0. The van der Waals surface area contributed by atoms with Crippen LogP contribution in [0.3, 0.4) is 0 Å². The second-order valence-electron chi connectivity index (χ2n) is 3.46. The fraction of sp³-hybridized carbons (Fsp3) is 0.455. The van der Waals surface area contributed by atoms with Crippen molar-refractivity contribution in [1.82, 2.24) is 4.57 Å². The highest BCUT2D eigenvalue weighted by Crippen LogP contribution is 1.99. The number of hydrogen-bond donors (Lipinski definition) is 1. The summed E-state index contributed by atoms with van der Waals surface area (Å²) in [6.07, 6.45) is 4.20. The van der Waals surface area contributed by atoms with Crippen molar-refractivity contribution in [3.05, 3.63) is 34.2 Å². The van der Waals surface area contributed by atoms with Gasteiger partial charge in [0.1, 0.15) is 6.54 Å². The molecule has 1 N–H and O–H groups in total. The van der Waals surface area contributed by atoms with E-state index in [9.17, 15) is 9.59 Å². The molecular formula is C11H15NO3. The normalized spacial score (nSPS) is 10.2. The number of carboxylic acids is 1. The van der Waals surface area contributed by atoms with E-state index in [1.165, 1.54) is 10.8 Å². The van der Waals surface area contributed by atoms with Crippen LogP contribution in [-0.2, 0) is 17.8 Å². The standard InChI is InChI=1S/C11H15NO3/c1-2-3-5-9-6-4-7-12(11(9)15)8-10(13)14/h4,6-7H,2-3,5,8H2,1H3,(H,13,14). The largest absolute Gasteiger partial charge is 0.480 e. The Morgan fingerprint density at radius 1 is 1.53 bits per heavy atom. The van der Waals surface area contributed by atoms with E-state index in [4.69, 9.17) is 5.11 Å². The van der Waals surface area contributed by atoms with E-state index >= 15 is 0 Å². The summed E-state index contributed by atoms with van der Waals surface area (Å²) in [5.41, 5.74) is 0.508. The van der Waals surface area contributed by atoms with Crippen molar-refractivity contribution in [1.29, 1.82) is 0 Å². The van der Waals surface area contributed by atoms with Crippen LogP contribution in [0.15, 0.2) is 23.1 Å². The fourth-order valence-corrected chi connectivity index (χ4v) is 1.41. The van der Waals surface area contributed by atoms with Gasteiger partial charge in [0.25, 0.3) is 5.56 Å². The van der Waals surface area contributed by atoms with E-state index in [-0.39, 0.29) is 12.1 Å². The average Bonchev–Trinajstić information content (AvgIpc) is 2.19. The molecule has 1 aromatic heterocycles. The predicted octanol–water partition coefficient (Wildman–Crippen LogP) is 1.28. The van der Waals surface area contributed by atoms with E-state index in [0.717, 1.165) is 19.3 Å². The van der Waals surface area contributed by atoms with Gasteiger partial charge in [0.2, 0.25) is 0 Å². The zero-order chi connectivity index (χ0) is 11.3. The lowest BCUT2D eigenvalue weighted by molar-refractivity contribution is -0.137. The van der Waals surface area contributed by atoms with Crippen LogP contribution in [0, 0.1) is 0 Å². The molecular weight excluding hydrogens is 194 g/mol. The lowest BCUT2D eigenvalue weighted by Gasteiger charge is -2.04. The molecule has 1 rings (SSSR count). The third kappa shape index (κ3) is 3.23. The van der Waals surface area contributed by atoms with Crippen LogP contribution in [0.25, 0.3) is 0 Å². The molecule has 0 aromatic carbocycles. The maximum Gasteiger partial charge on any atom is 0.323 e. The van der Waals surface area contributed by atoms with Gasteiger partial charge in [0.05, 0.1) is 0 Å². The smallest absolute Gasteiger partial charge is 0.323 e. The molecule has 0 aliphatic rings. The number of carbonyl (C=O) groups is 1. The molecule has 1 aromatic rings. The lowest BCUT2D eigenvalue weighted by atomic mass is 10.1. The van der Waals surface area contributed by atoms with Gasteiger partial charge in [-0.05, 0) is 18.9 Å². The summed E-state index contributed by atoms with van der Waals surface area (Å²) < 4.78 is 1.23. The zero-order valence-corrected chi connectivity index (χ0v) is 8.77. The molecule has 0 unspecified atom stereocenters. The highest BCUT2D eigenvalue weighted by atomic mass is 16.4. The number of aromatic nitrogens is 1. The molecule has 0 aliphatic carbocycles. The molecule has 0 saturated carbocycles. The Hall–Kier alpha value is -1.58. The Balaban J connectivity index is 2.90. The van der Waals surface area contributed by atoms with Crippen molar-refractivity contribution in [2.75, 3.05) is 0 Å². The molecule has 15 heavy (non-hydrogen) atoms. The number of pyridine rings is 1. The van der Waals surface area contributed by atoms with Gasteiger partial charge < -0.3 is 9.67 Å². The lowest BCUT2D eigenvalue weighted by Crippen LogP contribution is -2.26. The minimum Gasteiger partial charge on any atom is -0.480 e. The van der Waals surface area contributed by atoms with Gasteiger partial charge in [0.15, 0.2) is 0 Å². The summed E-state index contributed by atoms with van der Waals surface area (Å²) in [6.45, 7) is 1.79. The van der Waals surface area contributed by atoms with Crippen molar-refractivity contribution in [2.45, 2.75) is 32.7 Å². The fourth-order valence-electron chi connectivity index (χ4n) is 1.41. The van der Waals surface area contributed by atoms with Crippen molar-refractivity contribution in [3.63, 3.8) is 0 Å². The van der Waals surface area contributed by atoms with Gasteiger partial charge >= 0.3 is 5.97 Å². The SMILES string of the molecule is CCCCc1cccn(CC(=O)O)c1=O. The van der Waals surface area contributed by atoms with E-state index < -0.39 is 5.97 Å². The van der Waals surface area contributed by atoms with E-state index in [1.54, 1.807) is 12.1 Å². The molecule has 0 saturated heterocycles. The van der Waals surface area contributed by atoms with Crippen molar-refractivity contribution >= 4 is 5.97 Å². The summed E-state index contributed by atoms with van der Waals surface area (Å²) in [6, 6.07) is 3.48. The number of aliphatic carboxylic acids is 1. The van der Waals surface area contributed by atoms with Crippen LogP contribution in [0.2, 0.25) is 0 Å². The molecule has 0 bridgehead atoms. The Bertz CT molecular complexity index is 395. The zero-order valence-electron chi connectivity index (χ0n) is 8.77. The number of rotatable bonds is 5. The third-order valence-electron chi connectivity index (χ3n) is 2.20. The third-order valence-corrected chi connectivity index (χ3v) is 2.20. The first-order chi connectivity index (χ1) is 7.15. The minimum absolute atomic E-state index is 0.187. The van der Waals surface area contributed by atoms with Gasteiger partial charge in [-0.25, -0.2) is 0 Å². The molecule has 0 radical (unpaired) electrons. The van der Waals surface area contributed by atoms with Crippen LogP contribution in [-0.4, -0.2) is 15.6 Å². The number of unbranched alkanes of at least 4 members (excludes halogenated alkanes) is 1. The molecule has 4 heteroatoms. The first-order valence-corrected chi connectivity index (χ1v) is 5.05. The number of nitrogens with zero attached hydrogens (tertiary/aromatic N) is 1. The summed E-state index contributed by atoms with van der Waals surface area (Å²) in [7, 11) is 0.